The number of H-pyrrole nitrogens is 1. The van der Waals surface area contributed by atoms with Crippen LogP contribution in [0, 0.1) is 32.3 Å². The van der Waals surface area contributed by atoms with Crippen LogP contribution in [0.4, 0.5) is 28.4 Å². The lowest BCUT2D eigenvalue weighted by atomic mass is 9.28. The summed E-state index contributed by atoms with van der Waals surface area (Å²) < 4.78 is 41.9. The standard InChI is InChI=1S/C50H65N9O7S/c1-32-27-58(43-22-34-11-15-52-44(34)54-46(43)66-32)41-23-36(57-18-16-56(17-19-57)28-35-10-14-47(2,3)25-39(35)49-29-50(30-49,31-49)48(4,5)51)6-8-38(41)45(60)55-67(63,64)37-7-9-40(42(24-37)59(61)62)53-26-33-12-20-65-21-13-33/h6-9,11,15,22-24,32-33,53H,10,12-14,16-21,25-31,51H2,1-5H3,(H,52,54)(H,55,60)/t32-,49?,50?/m1/s1. The van der Waals surface area contributed by atoms with Crippen molar-refractivity contribution >= 4 is 55.4 Å². The van der Waals surface area contributed by atoms with Crippen molar-refractivity contribution in [3.8, 4) is 5.88 Å². The zero-order chi connectivity index (χ0) is 47.1. The maximum absolute atomic E-state index is 14.4. The highest BCUT2D eigenvalue weighted by Crippen LogP contribution is 2.80. The van der Waals surface area contributed by atoms with Crippen molar-refractivity contribution < 1.29 is 27.6 Å². The number of nitrogens with one attached hydrogen (secondary N) is 3. The number of aromatic amines is 1. The number of allylic oxidation sites excluding steroid dienone is 1. The summed E-state index contributed by atoms with van der Waals surface area (Å²) >= 11 is 0. The minimum atomic E-state index is -4.56. The van der Waals surface area contributed by atoms with Crippen LogP contribution in [-0.2, 0) is 14.8 Å². The van der Waals surface area contributed by atoms with Gasteiger partial charge in [-0.3, -0.25) is 19.8 Å². The molecule has 2 saturated heterocycles. The number of benzene rings is 2. The van der Waals surface area contributed by atoms with Crippen LogP contribution in [0.15, 0.2) is 70.8 Å². The van der Waals surface area contributed by atoms with Gasteiger partial charge in [-0.25, -0.2) is 13.1 Å². The number of sulfonamides is 1. The lowest BCUT2D eigenvalue weighted by Gasteiger charge is -2.77. The lowest BCUT2D eigenvalue weighted by molar-refractivity contribution is -0.384. The van der Waals surface area contributed by atoms with Gasteiger partial charge in [0, 0.05) is 81.4 Å². The quantitative estimate of drug-likeness (QED) is 0.0574. The van der Waals surface area contributed by atoms with Gasteiger partial charge in [0.15, 0.2) is 0 Å². The van der Waals surface area contributed by atoms with Gasteiger partial charge in [-0.2, -0.15) is 4.98 Å². The molecule has 358 valence electrons. The minimum absolute atomic E-state index is 0.123. The van der Waals surface area contributed by atoms with Gasteiger partial charge < -0.3 is 35.3 Å². The molecule has 2 aromatic heterocycles. The molecule has 0 radical (unpaired) electrons. The molecule has 3 aliphatic heterocycles. The molecule has 1 amide bonds. The summed E-state index contributed by atoms with van der Waals surface area (Å²) in [6.07, 6.45) is 10.3. The molecule has 0 unspecified atom stereocenters. The number of hydrogen-bond acceptors (Lipinski definition) is 13. The highest BCUT2D eigenvalue weighted by atomic mass is 32.2. The number of anilines is 4. The molecule has 4 aromatic rings. The van der Waals surface area contributed by atoms with Crippen LogP contribution < -0.4 is 30.3 Å². The molecule has 4 aliphatic carbocycles. The molecule has 17 heteroatoms. The highest BCUT2D eigenvalue weighted by Gasteiger charge is 2.73. The second-order valence-corrected chi connectivity index (χ2v) is 23.5. The first-order chi connectivity index (χ1) is 31.8. The van der Waals surface area contributed by atoms with Gasteiger partial charge in [-0.1, -0.05) is 25.0 Å². The van der Waals surface area contributed by atoms with E-state index in [9.17, 15) is 23.3 Å². The predicted molar refractivity (Wildman–Crippen MR) is 260 cm³/mol. The van der Waals surface area contributed by atoms with Gasteiger partial charge in [-0.15, -0.1) is 0 Å². The Bertz CT molecular complexity index is 2730. The van der Waals surface area contributed by atoms with E-state index in [1.807, 2.05) is 36.1 Å². The summed E-state index contributed by atoms with van der Waals surface area (Å²) in [4.78, 5) is 40.5. The maximum atomic E-state index is 14.4. The monoisotopic (exact) mass is 935 g/mol. The van der Waals surface area contributed by atoms with Crippen LogP contribution in [0.25, 0.3) is 11.0 Å². The van der Waals surface area contributed by atoms with Gasteiger partial charge >= 0.3 is 0 Å². The molecule has 16 nitrogen and oxygen atoms in total. The third kappa shape index (κ3) is 8.54. The summed E-state index contributed by atoms with van der Waals surface area (Å²) in [5, 5.41) is 16.2. The second kappa shape index (κ2) is 16.8. The molecule has 1 atom stereocenters. The number of nitrogens with two attached hydrogens (primary N) is 1. The summed E-state index contributed by atoms with van der Waals surface area (Å²) in [5.74, 6) is -0.194. The Hall–Kier alpha value is -5.23. The number of ether oxygens (including phenoxy) is 2. The first kappa shape index (κ1) is 45.5. The number of nitro groups is 1. The van der Waals surface area contributed by atoms with E-state index in [0.717, 1.165) is 69.1 Å². The van der Waals surface area contributed by atoms with Gasteiger partial charge in [0.2, 0.25) is 5.88 Å². The van der Waals surface area contributed by atoms with Crippen LogP contribution in [0.5, 0.6) is 5.88 Å². The van der Waals surface area contributed by atoms with Crippen molar-refractivity contribution in [2.45, 2.75) is 103 Å². The SMILES string of the molecule is C[C@@H]1CN(c2cc(N3CCN(CC4=C(C56CC(C(C)(C)N)(C5)C6)CC(C)(C)CC4)CC3)ccc2C(=O)NS(=O)(=O)c2ccc(NCC3CCOCC3)c([N+](=O)[O-])c2)c2cc3cc[nH]c3nc2O1. The van der Waals surface area contributed by atoms with Crippen LogP contribution in [0.1, 0.15) is 96.3 Å². The van der Waals surface area contributed by atoms with Crippen LogP contribution in [0.2, 0.25) is 0 Å². The van der Waals surface area contributed by atoms with Gasteiger partial charge in [0.05, 0.1) is 27.6 Å². The number of nitro benzene ring substituents is 1. The molecule has 5 heterocycles. The summed E-state index contributed by atoms with van der Waals surface area (Å²) in [6.45, 7) is 17.6. The zero-order valence-electron chi connectivity index (χ0n) is 39.5. The maximum Gasteiger partial charge on any atom is 0.293 e. The number of fused-ring (bicyclic) bond motifs is 2. The number of amides is 1. The largest absolute Gasteiger partial charge is 0.471 e. The fourth-order valence-corrected chi connectivity index (χ4v) is 12.9. The Balaban J connectivity index is 0.908. The van der Waals surface area contributed by atoms with Crippen molar-refractivity contribution in [2.24, 2.45) is 27.9 Å². The zero-order valence-corrected chi connectivity index (χ0v) is 40.3. The number of aromatic nitrogens is 2. The average Bonchev–Trinajstić information content (AvgIpc) is 3.71. The molecule has 7 aliphatic rings. The Morgan fingerprint density at radius 3 is 2.49 bits per heavy atom. The number of carbonyl (C=O) groups excluding carboxylic acids is 1. The Labute approximate surface area is 393 Å². The van der Waals surface area contributed by atoms with E-state index in [1.165, 1.54) is 44.2 Å². The minimum Gasteiger partial charge on any atom is -0.471 e. The number of carbonyl (C=O) groups is 1. The van der Waals surface area contributed by atoms with E-state index in [-0.39, 0.29) is 34.2 Å². The van der Waals surface area contributed by atoms with Crippen molar-refractivity contribution in [1.29, 1.82) is 0 Å². The van der Waals surface area contributed by atoms with Crippen molar-refractivity contribution in [2.75, 3.05) is 74.1 Å². The normalized spacial score (nSPS) is 25.5. The number of nitrogens with zero attached hydrogens (tertiary/aromatic N) is 5. The summed E-state index contributed by atoms with van der Waals surface area (Å²) in [7, 11) is -4.56. The van der Waals surface area contributed by atoms with E-state index >= 15 is 0 Å². The number of piperazine rings is 1. The van der Waals surface area contributed by atoms with Crippen molar-refractivity contribution in [3.63, 3.8) is 0 Å². The van der Waals surface area contributed by atoms with Gasteiger partial charge in [0.25, 0.3) is 21.6 Å². The van der Waals surface area contributed by atoms with E-state index < -0.39 is 31.4 Å². The summed E-state index contributed by atoms with van der Waals surface area (Å²) in [5.41, 5.74) is 13.5. The summed E-state index contributed by atoms with van der Waals surface area (Å²) in [6, 6.07) is 13.1. The number of hydrogen-bond donors (Lipinski definition) is 4. The molecule has 2 bridgehead atoms. The third-order valence-corrected chi connectivity index (χ3v) is 17.4. The smallest absolute Gasteiger partial charge is 0.293 e. The Morgan fingerprint density at radius 1 is 1.03 bits per heavy atom. The first-order valence-corrected chi connectivity index (χ1v) is 25.5. The average molecular weight is 936 g/mol. The van der Waals surface area contributed by atoms with E-state index in [2.05, 4.69) is 52.5 Å². The van der Waals surface area contributed by atoms with Gasteiger partial charge in [-0.05, 0) is 137 Å². The van der Waals surface area contributed by atoms with E-state index in [0.29, 0.717) is 60.0 Å². The van der Waals surface area contributed by atoms with Crippen LogP contribution in [0.3, 0.4) is 0 Å². The van der Waals surface area contributed by atoms with Gasteiger partial charge in [0.1, 0.15) is 23.1 Å². The molecule has 11 rings (SSSR count). The van der Waals surface area contributed by atoms with Crippen molar-refractivity contribution in [1.82, 2.24) is 19.6 Å². The molecule has 67 heavy (non-hydrogen) atoms. The highest BCUT2D eigenvalue weighted by molar-refractivity contribution is 7.90. The van der Waals surface area contributed by atoms with Crippen LogP contribution in [-0.4, -0.2) is 105 Å². The number of pyridine rings is 1. The molecule has 2 aromatic carbocycles. The number of rotatable bonds is 13. The van der Waals surface area contributed by atoms with E-state index in [1.54, 1.807) is 23.4 Å². The Morgan fingerprint density at radius 2 is 1.78 bits per heavy atom. The fraction of sp³-hybridized carbons (Fsp3) is 0.560. The molecular formula is C50H65N9O7S. The van der Waals surface area contributed by atoms with Crippen LogP contribution >= 0.6 is 0 Å². The predicted octanol–water partition coefficient (Wildman–Crippen LogP) is 7.88. The molecule has 5 N–H and O–H groups in total. The third-order valence-electron chi connectivity index (χ3n) is 16.0. The van der Waals surface area contributed by atoms with E-state index in [4.69, 9.17) is 20.2 Å². The first-order valence-electron chi connectivity index (χ1n) is 24.0. The molecule has 5 fully saturated rings. The molecule has 3 saturated carbocycles. The topological polar surface area (TPSA) is 201 Å². The lowest BCUT2D eigenvalue weighted by Crippen LogP contribution is -2.73. The molecule has 0 spiro atoms. The van der Waals surface area contributed by atoms with Crippen molar-refractivity contribution in [3.05, 3.63) is 81.6 Å². The Kier molecular flexibility index (Phi) is 11.4. The second-order valence-electron chi connectivity index (χ2n) is 21.8. The molecular weight excluding hydrogens is 871 g/mol. The fourth-order valence-electron chi connectivity index (χ4n) is 11.9.